The van der Waals surface area contributed by atoms with Crippen LogP contribution in [0.15, 0.2) is 60.7 Å². The molecule has 0 spiro atoms. The molecule has 0 amide bonds. The summed E-state index contributed by atoms with van der Waals surface area (Å²) in [6, 6.07) is 17.9. The average Bonchev–Trinajstić information content (AvgIpc) is 3.49. The van der Waals surface area contributed by atoms with Crippen LogP contribution >= 0.6 is 12.1 Å². The lowest BCUT2D eigenvalue weighted by molar-refractivity contribution is 0.425. The molecule has 180 valence electrons. The highest BCUT2D eigenvalue weighted by Gasteiger charge is 2.41. The number of sulfonamides is 2. The zero-order chi connectivity index (χ0) is 23.3. The molecule has 2 aromatic carbocycles. The molecule has 6 nitrogen and oxygen atoms in total. The number of benzene rings is 2. The van der Waals surface area contributed by atoms with Crippen LogP contribution in [0.4, 0.5) is 0 Å². The molecule has 4 rings (SSSR count). The van der Waals surface area contributed by atoms with E-state index in [1.54, 1.807) is 24.3 Å². The van der Waals surface area contributed by atoms with Crippen LogP contribution in [-0.2, 0) is 31.6 Å². The Morgan fingerprint density at radius 1 is 0.606 bits per heavy atom. The molecule has 2 saturated carbocycles. The zero-order valence-corrected chi connectivity index (χ0v) is 21.2. The van der Waals surface area contributed by atoms with Crippen LogP contribution in [0.2, 0.25) is 0 Å². The van der Waals surface area contributed by atoms with Crippen molar-refractivity contribution in [2.24, 2.45) is 0 Å². The SMILES string of the molecule is O=S(=O)(Cc1ccccc1)N(SN(C1CCCC1)S(=O)(=O)Cc1ccccc1)C1CCCC1. The largest absolute Gasteiger partial charge is 0.228 e. The van der Waals surface area contributed by atoms with Crippen molar-refractivity contribution in [3.8, 4) is 0 Å². The highest BCUT2D eigenvalue weighted by Crippen LogP contribution is 2.40. The van der Waals surface area contributed by atoms with Gasteiger partial charge in [0, 0.05) is 24.2 Å². The van der Waals surface area contributed by atoms with Gasteiger partial charge in [0.15, 0.2) is 0 Å². The molecule has 2 aliphatic rings. The molecule has 0 radical (unpaired) electrons. The van der Waals surface area contributed by atoms with E-state index in [0.29, 0.717) is 11.1 Å². The molecule has 9 heteroatoms. The smallest absolute Gasteiger partial charge is 0.211 e. The maximum absolute atomic E-state index is 13.6. The second kappa shape index (κ2) is 10.9. The minimum absolute atomic E-state index is 0.130. The molecular weight excluding hydrogens is 476 g/mol. The van der Waals surface area contributed by atoms with Gasteiger partial charge in [0.2, 0.25) is 20.0 Å². The van der Waals surface area contributed by atoms with Gasteiger partial charge in [-0.15, -0.1) is 7.42 Å². The van der Waals surface area contributed by atoms with Crippen LogP contribution in [0.3, 0.4) is 0 Å². The van der Waals surface area contributed by atoms with E-state index in [1.165, 1.54) is 7.42 Å². The summed E-state index contributed by atoms with van der Waals surface area (Å²) >= 11 is 0.927. The van der Waals surface area contributed by atoms with Gasteiger partial charge in [-0.1, -0.05) is 86.3 Å². The van der Waals surface area contributed by atoms with E-state index < -0.39 is 20.0 Å². The van der Waals surface area contributed by atoms with Crippen molar-refractivity contribution in [1.82, 2.24) is 7.42 Å². The first kappa shape index (κ1) is 24.7. The highest BCUT2D eigenvalue weighted by molar-refractivity contribution is 8.12. The predicted octanol–water partition coefficient (Wildman–Crippen LogP) is 5.10. The summed E-state index contributed by atoms with van der Waals surface area (Å²) < 4.78 is 57.3. The monoisotopic (exact) mass is 508 g/mol. The standard InChI is InChI=1S/C24H32N2O4S3/c27-32(28,19-21-11-3-1-4-12-21)25(23-15-7-8-16-23)31-26(24-17-9-10-18-24)33(29,30)20-22-13-5-2-6-14-22/h1-6,11-14,23-24H,7-10,15-20H2. The van der Waals surface area contributed by atoms with Crippen LogP contribution in [-0.4, -0.2) is 36.3 Å². The fourth-order valence-electron chi connectivity index (χ4n) is 4.70. The summed E-state index contributed by atoms with van der Waals surface area (Å²) in [6.07, 6.45) is 6.89. The summed E-state index contributed by atoms with van der Waals surface area (Å²) in [5, 5.41) is 0. The molecule has 2 fully saturated rings. The minimum Gasteiger partial charge on any atom is -0.211 e. The molecule has 0 aromatic heterocycles. The summed E-state index contributed by atoms with van der Waals surface area (Å²) in [4.78, 5) is 0. The lowest BCUT2D eigenvalue weighted by Crippen LogP contribution is -2.42. The van der Waals surface area contributed by atoms with Crippen molar-refractivity contribution >= 4 is 32.2 Å². The fraction of sp³-hybridized carbons (Fsp3) is 0.500. The minimum atomic E-state index is -3.73. The Morgan fingerprint density at radius 2 is 0.939 bits per heavy atom. The van der Waals surface area contributed by atoms with Gasteiger partial charge in [-0.25, -0.2) is 16.8 Å². The quantitative estimate of drug-likeness (QED) is 0.418. The molecule has 33 heavy (non-hydrogen) atoms. The van der Waals surface area contributed by atoms with Crippen molar-refractivity contribution in [2.75, 3.05) is 0 Å². The van der Waals surface area contributed by atoms with Crippen molar-refractivity contribution in [2.45, 2.75) is 75.0 Å². The van der Waals surface area contributed by atoms with Crippen LogP contribution in [0.5, 0.6) is 0 Å². The van der Waals surface area contributed by atoms with Crippen molar-refractivity contribution in [3.63, 3.8) is 0 Å². The van der Waals surface area contributed by atoms with Crippen molar-refractivity contribution < 1.29 is 16.8 Å². The fourth-order valence-corrected chi connectivity index (χ4v) is 10.0. The van der Waals surface area contributed by atoms with Gasteiger partial charge in [-0.2, -0.15) is 0 Å². The Kier molecular flexibility index (Phi) is 8.17. The van der Waals surface area contributed by atoms with Crippen molar-refractivity contribution in [3.05, 3.63) is 71.8 Å². The van der Waals surface area contributed by atoms with Gasteiger partial charge in [-0.3, -0.25) is 0 Å². The first-order valence-corrected chi connectivity index (χ1v) is 15.6. The van der Waals surface area contributed by atoms with Crippen LogP contribution in [0.25, 0.3) is 0 Å². The lowest BCUT2D eigenvalue weighted by Gasteiger charge is -2.34. The Balaban J connectivity index is 1.64. The predicted molar refractivity (Wildman–Crippen MR) is 134 cm³/mol. The van der Waals surface area contributed by atoms with E-state index in [-0.39, 0.29) is 23.6 Å². The molecule has 0 aliphatic heterocycles. The van der Waals surface area contributed by atoms with Crippen LogP contribution in [0, 0.1) is 0 Å². The van der Waals surface area contributed by atoms with Crippen LogP contribution < -0.4 is 0 Å². The first-order chi connectivity index (χ1) is 15.9. The summed E-state index contributed by atoms with van der Waals surface area (Å²) in [7, 11) is -7.45. The topological polar surface area (TPSA) is 74.8 Å². The van der Waals surface area contributed by atoms with E-state index in [9.17, 15) is 16.8 Å². The Bertz CT molecular complexity index is 1010. The molecule has 0 heterocycles. The maximum atomic E-state index is 13.6. The second-order valence-corrected chi connectivity index (χ2v) is 14.1. The van der Waals surface area contributed by atoms with Crippen LogP contribution in [0.1, 0.15) is 62.5 Å². The molecule has 0 bridgehead atoms. The number of hydrogen-bond donors (Lipinski definition) is 0. The van der Waals surface area contributed by atoms with E-state index >= 15 is 0 Å². The Labute approximate surface area is 202 Å². The van der Waals surface area contributed by atoms with Crippen molar-refractivity contribution in [1.29, 1.82) is 0 Å². The van der Waals surface area contributed by atoms with Gasteiger partial charge in [0.05, 0.1) is 11.5 Å². The third-order valence-corrected chi connectivity index (χ3v) is 12.1. The number of nitrogens with zero attached hydrogens (tertiary/aromatic N) is 2. The molecule has 2 aliphatic carbocycles. The van der Waals surface area contributed by atoms with Gasteiger partial charge in [0.1, 0.15) is 0 Å². The van der Waals surface area contributed by atoms with E-state index in [0.717, 1.165) is 63.5 Å². The molecule has 0 atom stereocenters. The molecular formula is C24H32N2O4S3. The van der Waals surface area contributed by atoms with Gasteiger partial charge >= 0.3 is 0 Å². The van der Waals surface area contributed by atoms with Gasteiger partial charge < -0.3 is 0 Å². The third kappa shape index (κ3) is 6.39. The summed E-state index contributed by atoms with van der Waals surface area (Å²) in [5.74, 6) is -0.261. The summed E-state index contributed by atoms with van der Waals surface area (Å²) in [5.41, 5.74) is 1.42. The average molecular weight is 509 g/mol. The van der Waals surface area contributed by atoms with E-state index in [2.05, 4.69) is 0 Å². The lowest BCUT2D eigenvalue weighted by atomic mass is 10.2. The zero-order valence-electron chi connectivity index (χ0n) is 18.8. The molecule has 0 saturated heterocycles. The second-order valence-electron chi connectivity index (χ2n) is 8.95. The van der Waals surface area contributed by atoms with Gasteiger partial charge in [0.25, 0.3) is 0 Å². The molecule has 0 N–H and O–H groups in total. The van der Waals surface area contributed by atoms with E-state index in [1.807, 2.05) is 36.4 Å². The Hall–Kier alpha value is -1.39. The Morgan fingerprint density at radius 3 is 1.27 bits per heavy atom. The van der Waals surface area contributed by atoms with Gasteiger partial charge in [-0.05, 0) is 36.8 Å². The normalized spacial score (nSPS) is 18.5. The number of hydrogen-bond acceptors (Lipinski definition) is 5. The first-order valence-electron chi connectivity index (χ1n) is 11.7. The highest BCUT2D eigenvalue weighted by atomic mass is 32.3. The van der Waals surface area contributed by atoms with E-state index in [4.69, 9.17) is 0 Å². The summed E-state index contributed by atoms with van der Waals surface area (Å²) in [6.45, 7) is 0. The third-order valence-electron chi connectivity index (χ3n) is 6.34. The molecule has 2 aromatic rings. The number of rotatable bonds is 10. The molecule has 0 unspecified atom stereocenters. The maximum Gasteiger partial charge on any atom is 0.228 e.